The molecular weight excluding hydrogens is 118 g/mol. The molecule has 0 unspecified atom stereocenters. The van der Waals surface area contributed by atoms with Gasteiger partial charge in [-0.25, -0.2) is 4.99 Å². The summed E-state index contributed by atoms with van der Waals surface area (Å²) in [5, 5.41) is 2.34. The van der Waals surface area contributed by atoms with Crippen molar-refractivity contribution in [2.45, 2.75) is 20.3 Å². The van der Waals surface area contributed by atoms with E-state index in [1.165, 1.54) is 6.42 Å². The van der Waals surface area contributed by atoms with Gasteiger partial charge in [-0.2, -0.15) is 0 Å². The van der Waals surface area contributed by atoms with E-state index in [4.69, 9.17) is 0 Å². The van der Waals surface area contributed by atoms with Gasteiger partial charge in [-0.3, -0.25) is 0 Å². The highest BCUT2D eigenvalue weighted by Crippen LogP contribution is 1.98. The quantitative estimate of drug-likeness (QED) is 0.420. The molecule has 0 aromatic heterocycles. The molecule has 0 bridgehead atoms. The molecular formula is C6H11NS. The summed E-state index contributed by atoms with van der Waals surface area (Å²) in [6.07, 6.45) is 1.17. The molecule has 0 aliphatic carbocycles. The average molecular weight is 129 g/mol. The minimum Gasteiger partial charge on any atom is -0.232 e. The van der Waals surface area contributed by atoms with Crippen LogP contribution in [0, 0.1) is 5.92 Å². The normalized spacial score (nSPS) is 12.2. The van der Waals surface area contributed by atoms with E-state index in [1.807, 2.05) is 0 Å². The van der Waals surface area contributed by atoms with Crippen LogP contribution >= 0.6 is 12.2 Å². The Balaban J connectivity index is 3.23. The molecule has 0 aromatic carbocycles. The molecule has 0 amide bonds. The fourth-order valence-electron chi connectivity index (χ4n) is 0.322. The maximum absolute atomic E-state index is 4.40. The molecule has 0 aliphatic heterocycles. The molecule has 0 aliphatic rings. The summed E-state index contributed by atoms with van der Waals surface area (Å²) >= 11 is 4.40. The van der Waals surface area contributed by atoms with Crippen LogP contribution in [0.25, 0.3) is 0 Å². The maximum Gasteiger partial charge on any atom is 0.0585 e. The van der Waals surface area contributed by atoms with E-state index in [0.29, 0.717) is 5.92 Å². The van der Waals surface area contributed by atoms with Crippen molar-refractivity contribution in [1.82, 2.24) is 0 Å². The Labute approximate surface area is 55.8 Å². The van der Waals surface area contributed by atoms with Crippen LogP contribution in [0.4, 0.5) is 0 Å². The van der Waals surface area contributed by atoms with E-state index in [0.717, 1.165) is 6.54 Å². The van der Waals surface area contributed by atoms with Crippen molar-refractivity contribution < 1.29 is 0 Å². The smallest absolute Gasteiger partial charge is 0.0585 e. The molecule has 0 radical (unpaired) electrons. The molecule has 2 heteroatoms. The van der Waals surface area contributed by atoms with Crippen LogP contribution in [0.15, 0.2) is 4.99 Å². The highest BCUT2D eigenvalue weighted by molar-refractivity contribution is 7.78. The van der Waals surface area contributed by atoms with Gasteiger partial charge in [0.25, 0.3) is 0 Å². The predicted molar refractivity (Wildman–Crippen MR) is 39.3 cm³/mol. The first kappa shape index (κ1) is 7.80. The number of isothiocyanates is 1. The Morgan fingerprint density at radius 1 is 1.75 bits per heavy atom. The van der Waals surface area contributed by atoms with Crippen LogP contribution in [0.2, 0.25) is 0 Å². The Kier molecular flexibility index (Phi) is 4.82. The van der Waals surface area contributed by atoms with E-state index in [1.54, 1.807) is 0 Å². The Morgan fingerprint density at radius 2 is 2.38 bits per heavy atom. The summed E-state index contributed by atoms with van der Waals surface area (Å²) < 4.78 is 0. The largest absolute Gasteiger partial charge is 0.232 e. The minimum atomic E-state index is 0.658. The molecule has 0 rings (SSSR count). The van der Waals surface area contributed by atoms with Gasteiger partial charge in [0.15, 0.2) is 0 Å². The molecule has 1 atom stereocenters. The van der Waals surface area contributed by atoms with E-state index in [2.05, 4.69) is 36.2 Å². The summed E-state index contributed by atoms with van der Waals surface area (Å²) in [4.78, 5) is 3.81. The monoisotopic (exact) mass is 129 g/mol. The number of thiocarbonyl (C=S) groups is 1. The van der Waals surface area contributed by atoms with Gasteiger partial charge in [0.1, 0.15) is 0 Å². The lowest BCUT2D eigenvalue weighted by Crippen LogP contribution is -1.94. The third-order valence-corrected chi connectivity index (χ3v) is 1.29. The van der Waals surface area contributed by atoms with Gasteiger partial charge in [-0.1, -0.05) is 20.3 Å². The predicted octanol–water partition coefficient (Wildman–Crippen LogP) is 2.14. The van der Waals surface area contributed by atoms with Crippen molar-refractivity contribution >= 4 is 17.4 Å². The van der Waals surface area contributed by atoms with Crippen LogP contribution in [0.1, 0.15) is 20.3 Å². The van der Waals surface area contributed by atoms with Crippen molar-refractivity contribution in [2.75, 3.05) is 6.54 Å². The zero-order chi connectivity index (χ0) is 6.41. The first-order chi connectivity index (χ1) is 3.81. The van der Waals surface area contributed by atoms with Crippen molar-refractivity contribution in [2.24, 2.45) is 10.9 Å². The Hall–Kier alpha value is -0.200. The first-order valence-corrected chi connectivity index (χ1v) is 3.25. The van der Waals surface area contributed by atoms with E-state index in [-0.39, 0.29) is 0 Å². The second-order valence-corrected chi connectivity index (χ2v) is 2.13. The summed E-state index contributed by atoms with van der Waals surface area (Å²) in [6, 6.07) is 0. The number of rotatable bonds is 3. The molecule has 0 saturated heterocycles. The van der Waals surface area contributed by atoms with Crippen molar-refractivity contribution in [3.8, 4) is 0 Å². The summed E-state index contributed by atoms with van der Waals surface area (Å²) in [5.74, 6) is 0.658. The molecule has 0 N–H and O–H groups in total. The lowest BCUT2D eigenvalue weighted by molar-refractivity contribution is 0.578. The standard InChI is InChI=1S/C6H11NS/c1-3-6(2)4-7-5-8/h6H,3-4H2,1-2H3/t6-/m1/s1. The zero-order valence-electron chi connectivity index (χ0n) is 5.35. The van der Waals surface area contributed by atoms with E-state index < -0.39 is 0 Å². The highest BCUT2D eigenvalue weighted by atomic mass is 32.1. The molecule has 1 nitrogen and oxygen atoms in total. The number of hydrogen-bond acceptors (Lipinski definition) is 2. The van der Waals surface area contributed by atoms with Crippen LogP contribution in [0.3, 0.4) is 0 Å². The Morgan fingerprint density at radius 3 is 2.75 bits per heavy atom. The van der Waals surface area contributed by atoms with Gasteiger partial charge in [0.05, 0.1) is 11.7 Å². The maximum atomic E-state index is 4.40. The molecule has 0 fully saturated rings. The third kappa shape index (κ3) is 3.97. The van der Waals surface area contributed by atoms with Crippen LogP contribution in [-0.4, -0.2) is 11.7 Å². The molecule has 0 spiro atoms. The van der Waals surface area contributed by atoms with Crippen LogP contribution in [0.5, 0.6) is 0 Å². The van der Waals surface area contributed by atoms with Gasteiger partial charge in [0, 0.05) is 0 Å². The third-order valence-electron chi connectivity index (χ3n) is 1.16. The first-order valence-electron chi connectivity index (χ1n) is 2.84. The van der Waals surface area contributed by atoms with Crippen molar-refractivity contribution in [1.29, 1.82) is 0 Å². The molecule has 8 heavy (non-hydrogen) atoms. The number of nitrogens with zero attached hydrogens (tertiary/aromatic N) is 1. The van der Waals surface area contributed by atoms with Crippen molar-refractivity contribution in [3.05, 3.63) is 0 Å². The zero-order valence-corrected chi connectivity index (χ0v) is 6.16. The fourth-order valence-corrected chi connectivity index (χ4v) is 0.397. The molecule has 0 heterocycles. The van der Waals surface area contributed by atoms with Crippen LogP contribution < -0.4 is 0 Å². The Bertz CT molecular complexity index is 94.7. The fraction of sp³-hybridized carbons (Fsp3) is 0.833. The molecule has 0 aromatic rings. The van der Waals surface area contributed by atoms with Gasteiger partial charge >= 0.3 is 0 Å². The lowest BCUT2D eigenvalue weighted by atomic mass is 10.1. The topological polar surface area (TPSA) is 12.4 Å². The number of aliphatic imine (C=N–C) groups is 1. The van der Waals surface area contributed by atoms with Gasteiger partial charge < -0.3 is 0 Å². The average Bonchev–Trinajstić information content (AvgIpc) is 1.83. The van der Waals surface area contributed by atoms with E-state index in [9.17, 15) is 0 Å². The summed E-state index contributed by atoms with van der Waals surface area (Å²) in [5.41, 5.74) is 0. The second-order valence-electron chi connectivity index (χ2n) is 1.95. The second kappa shape index (κ2) is 4.95. The molecule has 0 saturated carbocycles. The summed E-state index contributed by atoms with van der Waals surface area (Å²) in [7, 11) is 0. The molecule has 46 valence electrons. The van der Waals surface area contributed by atoms with Gasteiger partial charge in [-0.05, 0) is 18.1 Å². The lowest BCUT2D eigenvalue weighted by Gasteiger charge is -1.99. The summed E-state index contributed by atoms with van der Waals surface area (Å²) in [6.45, 7) is 5.12. The minimum absolute atomic E-state index is 0.658. The SMILES string of the molecule is CC[C@@H](C)CN=C=S. The van der Waals surface area contributed by atoms with Gasteiger partial charge in [0.2, 0.25) is 0 Å². The highest BCUT2D eigenvalue weighted by Gasteiger charge is 1.92. The van der Waals surface area contributed by atoms with Crippen molar-refractivity contribution in [3.63, 3.8) is 0 Å². The van der Waals surface area contributed by atoms with Crippen LogP contribution in [-0.2, 0) is 0 Å². The van der Waals surface area contributed by atoms with E-state index >= 15 is 0 Å². The van der Waals surface area contributed by atoms with Gasteiger partial charge in [-0.15, -0.1) is 0 Å². The number of hydrogen-bond donors (Lipinski definition) is 0.